The number of aliphatic imine (C=N–C) groups is 1. The summed E-state index contributed by atoms with van der Waals surface area (Å²) in [4.78, 5) is 15.5. The number of halogens is 5. The summed E-state index contributed by atoms with van der Waals surface area (Å²) in [7, 11) is 0. The number of nitrogens with zero attached hydrogens (tertiary/aromatic N) is 1. The fourth-order valence-corrected chi connectivity index (χ4v) is 1.79. The molecule has 0 saturated heterocycles. The lowest BCUT2D eigenvalue weighted by molar-refractivity contribution is -0.137. The SMILES string of the molecule is CCOC(=O)C(C=NC1CC1F)=C(O)c1cc(F)c(F)c(F)c1F. The minimum Gasteiger partial charge on any atom is -0.506 e. The molecule has 2 atom stereocenters. The smallest absolute Gasteiger partial charge is 0.343 e. The molecular formula is C15H12F5NO3. The molecule has 2 rings (SSSR count). The van der Waals surface area contributed by atoms with Gasteiger partial charge in [0.1, 0.15) is 17.5 Å². The molecule has 1 saturated carbocycles. The minimum atomic E-state index is -2.15. The molecule has 1 N–H and O–H groups in total. The average molecular weight is 349 g/mol. The van der Waals surface area contributed by atoms with Crippen molar-refractivity contribution in [3.8, 4) is 0 Å². The predicted molar refractivity (Wildman–Crippen MR) is 74.2 cm³/mol. The first-order valence-electron chi connectivity index (χ1n) is 6.88. The second-order valence-corrected chi connectivity index (χ2v) is 4.93. The predicted octanol–water partition coefficient (Wildman–Crippen LogP) is 3.26. The molecule has 9 heteroatoms. The molecule has 1 aromatic rings. The van der Waals surface area contributed by atoms with Gasteiger partial charge in [0.15, 0.2) is 23.3 Å². The Hall–Kier alpha value is -2.45. The van der Waals surface area contributed by atoms with Crippen LogP contribution in [0.1, 0.15) is 18.9 Å². The Balaban J connectivity index is 2.52. The summed E-state index contributed by atoms with van der Waals surface area (Å²) < 4.78 is 70.7. The van der Waals surface area contributed by atoms with E-state index in [1.54, 1.807) is 0 Å². The van der Waals surface area contributed by atoms with Crippen molar-refractivity contribution in [1.82, 2.24) is 0 Å². The van der Waals surface area contributed by atoms with E-state index in [1.165, 1.54) is 6.92 Å². The van der Waals surface area contributed by atoms with Crippen LogP contribution in [0.4, 0.5) is 22.0 Å². The van der Waals surface area contributed by atoms with E-state index < -0.39 is 58.3 Å². The molecule has 0 spiro atoms. The van der Waals surface area contributed by atoms with E-state index in [4.69, 9.17) is 0 Å². The summed E-state index contributed by atoms with van der Waals surface area (Å²) in [6.45, 7) is 1.33. The maximum atomic E-state index is 13.7. The lowest BCUT2D eigenvalue weighted by atomic mass is 10.1. The van der Waals surface area contributed by atoms with E-state index in [-0.39, 0.29) is 19.1 Å². The summed E-state index contributed by atoms with van der Waals surface area (Å²) in [5.74, 6) is -10.2. The van der Waals surface area contributed by atoms with Crippen LogP contribution < -0.4 is 0 Å². The van der Waals surface area contributed by atoms with E-state index in [1.807, 2.05) is 0 Å². The van der Waals surface area contributed by atoms with Crippen molar-refractivity contribution >= 4 is 17.9 Å². The Bertz CT molecular complexity index is 732. The molecule has 0 aromatic heterocycles. The molecule has 4 nitrogen and oxygen atoms in total. The second-order valence-electron chi connectivity index (χ2n) is 4.93. The van der Waals surface area contributed by atoms with Gasteiger partial charge in [-0.15, -0.1) is 0 Å². The number of carbonyl (C=O) groups is 1. The quantitative estimate of drug-likeness (QED) is 0.169. The van der Waals surface area contributed by atoms with Crippen LogP contribution in [0.3, 0.4) is 0 Å². The number of rotatable bonds is 5. The molecule has 1 aliphatic rings. The van der Waals surface area contributed by atoms with Gasteiger partial charge in [-0.3, -0.25) is 4.99 Å². The molecule has 0 bridgehead atoms. The summed E-state index contributed by atoms with van der Waals surface area (Å²) in [6, 6.07) is -0.542. The maximum absolute atomic E-state index is 13.7. The lowest BCUT2D eigenvalue weighted by Gasteiger charge is -2.09. The summed E-state index contributed by atoms with van der Waals surface area (Å²) >= 11 is 0. The van der Waals surface area contributed by atoms with Gasteiger partial charge in [0.05, 0.1) is 18.2 Å². The van der Waals surface area contributed by atoms with Crippen LogP contribution in [0.15, 0.2) is 16.6 Å². The van der Waals surface area contributed by atoms with E-state index in [9.17, 15) is 31.9 Å². The molecule has 1 aromatic carbocycles. The number of benzene rings is 1. The number of carbonyl (C=O) groups excluding carboxylic acids is 1. The van der Waals surface area contributed by atoms with Crippen molar-refractivity contribution < 1.29 is 36.6 Å². The average Bonchev–Trinajstić information content (AvgIpc) is 3.24. The van der Waals surface area contributed by atoms with E-state index >= 15 is 0 Å². The molecule has 0 heterocycles. The summed E-state index contributed by atoms with van der Waals surface area (Å²) in [6.07, 6.45) is -0.359. The van der Waals surface area contributed by atoms with Crippen LogP contribution in [-0.2, 0) is 9.53 Å². The molecule has 1 aliphatic carbocycles. The van der Waals surface area contributed by atoms with Gasteiger partial charge in [0, 0.05) is 12.6 Å². The van der Waals surface area contributed by atoms with Crippen LogP contribution in [0, 0.1) is 23.3 Å². The Morgan fingerprint density at radius 1 is 1.33 bits per heavy atom. The van der Waals surface area contributed by atoms with Crippen LogP contribution in [0.5, 0.6) is 0 Å². The van der Waals surface area contributed by atoms with E-state index in [2.05, 4.69) is 9.73 Å². The molecule has 24 heavy (non-hydrogen) atoms. The Morgan fingerprint density at radius 3 is 2.50 bits per heavy atom. The molecule has 0 amide bonds. The molecule has 1 fully saturated rings. The zero-order valence-corrected chi connectivity index (χ0v) is 12.3. The Labute approximate surface area is 133 Å². The minimum absolute atomic E-state index is 0.113. The Kier molecular flexibility index (Phi) is 5.20. The number of alkyl halides is 1. The first-order chi connectivity index (χ1) is 11.3. The van der Waals surface area contributed by atoms with Crippen molar-refractivity contribution in [2.75, 3.05) is 6.61 Å². The number of aliphatic hydroxyl groups is 1. The van der Waals surface area contributed by atoms with Gasteiger partial charge < -0.3 is 9.84 Å². The van der Waals surface area contributed by atoms with Crippen molar-refractivity contribution in [3.05, 3.63) is 40.5 Å². The first-order valence-corrected chi connectivity index (χ1v) is 6.88. The number of esters is 1. The number of aliphatic hydroxyl groups excluding tert-OH is 1. The lowest BCUT2D eigenvalue weighted by Crippen LogP contribution is -2.13. The second kappa shape index (κ2) is 6.98. The Morgan fingerprint density at radius 2 is 1.96 bits per heavy atom. The van der Waals surface area contributed by atoms with Gasteiger partial charge in [0.25, 0.3) is 0 Å². The number of hydrogen-bond acceptors (Lipinski definition) is 4. The van der Waals surface area contributed by atoms with Crippen LogP contribution >= 0.6 is 0 Å². The normalized spacial score (nSPS) is 20.9. The largest absolute Gasteiger partial charge is 0.506 e. The van der Waals surface area contributed by atoms with Gasteiger partial charge in [-0.05, 0) is 13.0 Å². The van der Waals surface area contributed by atoms with Gasteiger partial charge >= 0.3 is 5.97 Å². The fourth-order valence-electron chi connectivity index (χ4n) is 1.79. The van der Waals surface area contributed by atoms with E-state index in [0.717, 1.165) is 6.21 Å². The summed E-state index contributed by atoms with van der Waals surface area (Å²) in [5, 5.41) is 10.00. The monoisotopic (exact) mass is 349 g/mol. The van der Waals surface area contributed by atoms with Crippen molar-refractivity contribution in [3.63, 3.8) is 0 Å². The van der Waals surface area contributed by atoms with Gasteiger partial charge in [0.2, 0.25) is 0 Å². The van der Waals surface area contributed by atoms with Crippen molar-refractivity contribution in [2.24, 2.45) is 4.99 Å². The topological polar surface area (TPSA) is 58.9 Å². The number of hydrogen-bond donors (Lipinski definition) is 1. The van der Waals surface area contributed by atoms with Crippen molar-refractivity contribution in [1.29, 1.82) is 0 Å². The highest BCUT2D eigenvalue weighted by Crippen LogP contribution is 2.29. The highest BCUT2D eigenvalue weighted by Gasteiger charge is 2.37. The zero-order chi connectivity index (χ0) is 18.0. The highest BCUT2D eigenvalue weighted by molar-refractivity contribution is 6.15. The van der Waals surface area contributed by atoms with Gasteiger partial charge in [-0.2, -0.15) is 0 Å². The van der Waals surface area contributed by atoms with Crippen LogP contribution in [0.25, 0.3) is 5.76 Å². The molecule has 0 aliphatic heterocycles. The molecule has 0 radical (unpaired) electrons. The van der Waals surface area contributed by atoms with Gasteiger partial charge in [-0.25, -0.2) is 26.7 Å². The van der Waals surface area contributed by atoms with E-state index in [0.29, 0.717) is 0 Å². The van der Waals surface area contributed by atoms with Crippen LogP contribution in [0.2, 0.25) is 0 Å². The highest BCUT2D eigenvalue weighted by atomic mass is 19.2. The molecular weight excluding hydrogens is 337 g/mol. The molecule has 2 unspecified atom stereocenters. The van der Waals surface area contributed by atoms with Crippen LogP contribution in [-0.4, -0.2) is 36.1 Å². The zero-order valence-electron chi connectivity index (χ0n) is 12.3. The van der Waals surface area contributed by atoms with Gasteiger partial charge in [-0.1, -0.05) is 0 Å². The third-order valence-electron chi connectivity index (χ3n) is 3.18. The number of ether oxygens (including phenoxy) is 1. The summed E-state index contributed by atoms with van der Waals surface area (Å²) in [5.41, 5.74) is -1.83. The first kappa shape index (κ1) is 17.9. The maximum Gasteiger partial charge on any atom is 0.343 e. The fraction of sp³-hybridized carbons (Fsp3) is 0.333. The van der Waals surface area contributed by atoms with Crippen molar-refractivity contribution in [2.45, 2.75) is 25.6 Å². The standard InChI is InChI=1S/C15H12F5NO3/c1-2-24-15(23)7(5-21-10-4-8(10)16)14(22)6-3-9(17)12(19)13(20)11(6)18/h3,5,8,10,22H,2,4H2,1H3. The third kappa shape index (κ3) is 3.55. The molecule has 130 valence electrons. The third-order valence-corrected chi connectivity index (χ3v) is 3.18.